The summed E-state index contributed by atoms with van der Waals surface area (Å²) in [6.07, 6.45) is 10.9. The molecule has 1 aliphatic heterocycles. The van der Waals surface area contributed by atoms with E-state index in [1.807, 2.05) is 35.4 Å². The summed E-state index contributed by atoms with van der Waals surface area (Å²) in [7, 11) is 0. The second-order valence-corrected chi connectivity index (χ2v) is 8.44. The largest absolute Gasteiger partial charge is 0.378 e. The van der Waals surface area contributed by atoms with E-state index in [1.165, 1.54) is 0 Å². The van der Waals surface area contributed by atoms with Crippen LogP contribution in [0.4, 0.5) is 0 Å². The van der Waals surface area contributed by atoms with Crippen molar-refractivity contribution in [3.05, 3.63) is 70.4 Å². The Labute approximate surface area is 192 Å². The summed E-state index contributed by atoms with van der Waals surface area (Å²) in [4.78, 5) is 33.0. The number of rotatable bonds is 6. The summed E-state index contributed by atoms with van der Waals surface area (Å²) in [6.45, 7) is 9.43. The van der Waals surface area contributed by atoms with Crippen molar-refractivity contribution in [1.82, 2.24) is 19.0 Å². The molecule has 3 aromatic rings. The van der Waals surface area contributed by atoms with Crippen molar-refractivity contribution >= 4 is 23.0 Å². The maximum atomic E-state index is 13.5. The molecule has 5 rings (SSSR count). The SMILES string of the molecule is C=CCCn1cc(-c2cc(C(=O)N3CCOCC3)c3ncn(CC)c3c2)c2c(c1=O)CC=C2. The first-order chi connectivity index (χ1) is 16.1. The third kappa shape index (κ3) is 3.72. The van der Waals surface area contributed by atoms with Gasteiger partial charge in [-0.25, -0.2) is 4.98 Å². The van der Waals surface area contributed by atoms with Crippen molar-refractivity contribution < 1.29 is 9.53 Å². The Balaban J connectivity index is 1.71. The molecule has 2 aliphatic rings. The van der Waals surface area contributed by atoms with Gasteiger partial charge in [-0.15, -0.1) is 6.58 Å². The van der Waals surface area contributed by atoms with Gasteiger partial charge < -0.3 is 18.8 Å². The highest BCUT2D eigenvalue weighted by atomic mass is 16.5. The highest BCUT2D eigenvalue weighted by Crippen LogP contribution is 2.33. The number of amides is 1. The molecule has 0 N–H and O–H groups in total. The predicted molar refractivity (Wildman–Crippen MR) is 129 cm³/mol. The Kier molecular flexibility index (Phi) is 5.72. The van der Waals surface area contributed by atoms with E-state index in [0.29, 0.717) is 56.8 Å². The molecule has 0 bridgehead atoms. The number of pyridine rings is 1. The molecule has 1 aliphatic carbocycles. The Morgan fingerprint density at radius 3 is 2.82 bits per heavy atom. The van der Waals surface area contributed by atoms with Crippen LogP contribution < -0.4 is 5.56 Å². The number of carbonyl (C=O) groups excluding carboxylic acids is 1. The Bertz CT molecular complexity index is 1330. The van der Waals surface area contributed by atoms with Crippen LogP contribution in [0.3, 0.4) is 0 Å². The van der Waals surface area contributed by atoms with Gasteiger partial charge >= 0.3 is 0 Å². The van der Waals surface area contributed by atoms with Crippen molar-refractivity contribution in [2.45, 2.75) is 32.9 Å². The molecule has 1 aromatic carbocycles. The number of carbonyl (C=O) groups is 1. The molecule has 7 nitrogen and oxygen atoms in total. The van der Waals surface area contributed by atoms with Crippen LogP contribution in [0.15, 0.2) is 48.2 Å². The van der Waals surface area contributed by atoms with Gasteiger partial charge in [-0.1, -0.05) is 18.2 Å². The highest BCUT2D eigenvalue weighted by Gasteiger charge is 2.25. The maximum Gasteiger partial charge on any atom is 0.256 e. The van der Waals surface area contributed by atoms with E-state index in [9.17, 15) is 9.59 Å². The maximum absolute atomic E-state index is 13.5. The van der Waals surface area contributed by atoms with Gasteiger partial charge in [0, 0.05) is 43.5 Å². The number of hydrogen-bond acceptors (Lipinski definition) is 4. The number of nitrogens with zero attached hydrogens (tertiary/aromatic N) is 4. The van der Waals surface area contributed by atoms with Gasteiger partial charge in [0.05, 0.1) is 30.6 Å². The average Bonchev–Trinajstić information content (AvgIpc) is 3.51. The molecule has 3 heterocycles. The molecule has 1 fully saturated rings. The number of imidazole rings is 1. The lowest BCUT2D eigenvalue weighted by molar-refractivity contribution is 0.0304. The Morgan fingerprint density at radius 1 is 1.24 bits per heavy atom. The molecule has 0 atom stereocenters. The van der Waals surface area contributed by atoms with E-state index in [2.05, 4.69) is 29.1 Å². The normalized spacial score (nSPS) is 15.2. The van der Waals surface area contributed by atoms with E-state index in [0.717, 1.165) is 34.3 Å². The highest BCUT2D eigenvalue weighted by molar-refractivity contribution is 6.07. The lowest BCUT2D eigenvalue weighted by Gasteiger charge is -2.27. The lowest BCUT2D eigenvalue weighted by Crippen LogP contribution is -2.40. The molecule has 0 saturated carbocycles. The van der Waals surface area contributed by atoms with E-state index in [1.54, 1.807) is 10.9 Å². The molecule has 33 heavy (non-hydrogen) atoms. The van der Waals surface area contributed by atoms with Gasteiger partial charge in [0.25, 0.3) is 11.5 Å². The number of benzene rings is 1. The Hall–Kier alpha value is -3.45. The van der Waals surface area contributed by atoms with Crippen molar-refractivity contribution in [2.24, 2.45) is 0 Å². The van der Waals surface area contributed by atoms with Gasteiger partial charge in [0.15, 0.2) is 0 Å². The van der Waals surface area contributed by atoms with Gasteiger partial charge in [-0.05, 0) is 43.0 Å². The minimum atomic E-state index is -0.0290. The van der Waals surface area contributed by atoms with E-state index in [4.69, 9.17) is 4.74 Å². The molecule has 7 heteroatoms. The van der Waals surface area contributed by atoms with Crippen molar-refractivity contribution in [3.63, 3.8) is 0 Å². The quantitative estimate of drug-likeness (QED) is 0.546. The lowest BCUT2D eigenvalue weighted by atomic mass is 9.96. The summed E-state index contributed by atoms with van der Waals surface area (Å²) in [5.41, 5.74) is 5.91. The first-order valence-corrected chi connectivity index (χ1v) is 11.5. The number of fused-ring (bicyclic) bond motifs is 2. The fourth-order valence-corrected chi connectivity index (χ4v) is 4.71. The molecule has 170 valence electrons. The fourth-order valence-electron chi connectivity index (χ4n) is 4.71. The van der Waals surface area contributed by atoms with E-state index in [-0.39, 0.29) is 11.5 Å². The monoisotopic (exact) mass is 444 g/mol. The van der Waals surface area contributed by atoms with Crippen LogP contribution in [0, 0.1) is 0 Å². The second kappa shape index (κ2) is 8.83. The number of aromatic nitrogens is 3. The van der Waals surface area contributed by atoms with Crippen LogP contribution in [0.1, 0.15) is 34.8 Å². The summed E-state index contributed by atoms with van der Waals surface area (Å²) < 4.78 is 9.26. The molecular formula is C26H28N4O3. The number of ether oxygens (including phenoxy) is 1. The van der Waals surface area contributed by atoms with Gasteiger partial charge in [0.2, 0.25) is 0 Å². The summed E-state index contributed by atoms with van der Waals surface area (Å²) in [5, 5.41) is 0. The molecule has 0 unspecified atom stereocenters. The first-order valence-electron chi connectivity index (χ1n) is 11.5. The second-order valence-electron chi connectivity index (χ2n) is 8.44. The minimum Gasteiger partial charge on any atom is -0.378 e. The smallest absolute Gasteiger partial charge is 0.256 e. The average molecular weight is 445 g/mol. The zero-order chi connectivity index (χ0) is 22.9. The van der Waals surface area contributed by atoms with Crippen LogP contribution in [-0.4, -0.2) is 51.2 Å². The van der Waals surface area contributed by atoms with Crippen molar-refractivity contribution in [2.75, 3.05) is 26.3 Å². The number of allylic oxidation sites excluding steroid dienone is 2. The number of hydrogen-bond donors (Lipinski definition) is 0. The number of morpholine rings is 1. The summed E-state index contributed by atoms with van der Waals surface area (Å²) in [5.74, 6) is -0.0290. The van der Waals surface area contributed by atoms with Gasteiger partial charge in [-0.2, -0.15) is 0 Å². The molecule has 2 aromatic heterocycles. The molecule has 1 amide bonds. The first kappa shape index (κ1) is 21.4. The molecular weight excluding hydrogens is 416 g/mol. The molecule has 1 saturated heterocycles. The molecule has 0 radical (unpaired) electrons. The summed E-state index contributed by atoms with van der Waals surface area (Å²) in [6, 6.07) is 4.03. The van der Waals surface area contributed by atoms with Crippen LogP contribution in [0.2, 0.25) is 0 Å². The minimum absolute atomic E-state index is 0.0290. The van der Waals surface area contributed by atoms with Crippen molar-refractivity contribution in [1.29, 1.82) is 0 Å². The zero-order valence-electron chi connectivity index (χ0n) is 18.9. The van der Waals surface area contributed by atoms with Crippen molar-refractivity contribution in [3.8, 4) is 11.1 Å². The third-order valence-electron chi connectivity index (χ3n) is 6.51. The van der Waals surface area contributed by atoms with E-state index < -0.39 is 0 Å². The fraction of sp³-hybridized carbons (Fsp3) is 0.346. The third-order valence-corrected chi connectivity index (χ3v) is 6.51. The summed E-state index contributed by atoms with van der Waals surface area (Å²) >= 11 is 0. The number of aryl methyl sites for hydroxylation is 2. The zero-order valence-corrected chi connectivity index (χ0v) is 18.9. The van der Waals surface area contributed by atoms with E-state index >= 15 is 0 Å². The predicted octanol–water partition coefficient (Wildman–Crippen LogP) is 3.50. The topological polar surface area (TPSA) is 69.4 Å². The Morgan fingerprint density at radius 2 is 2.06 bits per heavy atom. The van der Waals surface area contributed by atoms with Crippen LogP contribution in [0.5, 0.6) is 0 Å². The van der Waals surface area contributed by atoms with Gasteiger partial charge in [0.1, 0.15) is 5.52 Å². The van der Waals surface area contributed by atoms with Crippen LogP contribution in [-0.2, 0) is 24.2 Å². The van der Waals surface area contributed by atoms with Crippen LogP contribution in [0.25, 0.3) is 28.2 Å². The van der Waals surface area contributed by atoms with Crippen LogP contribution >= 0.6 is 0 Å². The molecule has 0 spiro atoms. The van der Waals surface area contributed by atoms with Gasteiger partial charge in [-0.3, -0.25) is 9.59 Å². The standard InChI is InChI=1S/C26H28N4O3/c1-3-5-9-30-16-22(19-7-6-8-20(19)25(30)31)18-14-21(26(32)29-10-12-33-13-11-29)24-23(15-18)28(4-2)17-27-24/h3,6-7,14-17H,1,4-5,8-13H2,2H3.